The maximum atomic E-state index is 5.67. The van der Waals surface area contributed by atoms with Crippen molar-refractivity contribution in [1.29, 1.82) is 0 Å². The van der Waals surface area contributed by atoms with E-state index >= 15 is 0 Å². The van der Waals surface area contributed by atoms with Crippen LogP contribution in [0, 0.1) is 13.8 Å². The molecule has 0 atom stereocenters. The SMILES string of the molecule is Cc1ccc(OCCCCBr)c(C)c1. The molecule has 0 aliphatic carbocycles. The summed E-state index contributed by atoms with van der Waals surface area (Å²) < 4.78 is 5.67. The van der Waals surface area contributed by atoms with Crippen LogP contribution in [0.1, 0.15) is 24.0 Å². The van der Waals surface area contributed by atoms with E-state index in [9.17, 15) is 0 Å². The molecule has 0 radical (unpaired) electrons. The number of alkyl halides is 1. The van der Waals surface area contributed by atoms with E-state index in [4.69, 9.17) is 4.74 Å². The van der Waals surface area contributed by atoms with Crippen molar-refractivity contribution in [2.24, 2.45) is 0 Å². The smallest absolute Gasteiger partial charge is 0.122 e. The van der Waals surface area contributed by atoms with Gasteiger partial charge in [0.25, 0.3) is 0 Å². The summed E-state index contributed by atoms with van der Waals surface area (Å²) in [5.74, 6) is 1.02. The molecule has 0 aliphatic heterocycles. The average molecular weight is 257 g/mol. The predicted molar refractivity (Wildman–Crippen MR) is 64.4 cm³/mol. The Morgan fingerprint density at radius 1 is 1.21 bits per heavy atom. The molecule has 0 spiro atoms. The second-order valence-electron chi connectivity index (χ2n) is 3.51. The van der Waals surface area contributed by atoms with Crippen molar-refractivity contribution in [3.8, 4) is 5.75 Å². The summed E-state index contributed by atoms with van der Waals surface area (Å²) in [6.45, 7) is 5.00. The Hall–Kier alpha value is -0.500. The molecule has 1 rings (SSSR count). The molecule has 14 heavy (non-hydrogen) atoms. The third-order valence-corrected chi connectivity index (χ3v) is 2.68. The predicted octanol–water partition coefficient (Wildman–Crippen LogP) is 3.86. The Labute approximate surface area is 94.6 Å². The van der Waals surface area contributed by atoms with Gasteiger partial charge < -0.3 is 4.74 Å². The molecule has 78 valence electrons. The number of hydrogen-bond acceptors (Lipinski definition) is 1. The first kappa shape index (κ1) is 11.6. The molecule has 0 unspecified atom stereocenters. The summed E-state index contributed by atoms with van der Waals surface area (Å²) in [5.41, 5.74) is 2.51. The minimum Gasteiger partial charge on any atom is -0.493 e. The van der Waals surface area contributed by atoms with Crippen molar-refractivity contribution in [3.05, 3.63) is 29.3 Å². The zero-order chi connectivity index (χ0) is 10.4. The molecule has 0 heterocycles. The summed E-state index contributed by atoms with van der Waals surface area (Å²) in [4.78, 5) is 0. The highest BCUT2D eigenvalue weighted by molar-refractivity contribution is 9.09. The summed E-state index contributed by atoms with van der Waals surface area (Å²) in [5, 5.41) is 1.06. The lowest BCUT2D eigenvalue weighted by Crippen LogP contribution is -1.99. The molecular weight excluding hydrogens is 240 g/mol. The van der Waals surface area contributed by atoms with E-state index < -0.39 is 0 Å². The van der Waals surface area contributed by atoms with Crippen molar-refractivity contribution >= 4 is 15.9 Å². The van der Waals surface area contributed by atoms with Crippen LogP contribution >= 0.6 is 15.9 Å². The molecule has 0 saturated carbocycles. The standard InChI is InChI=1S/C12H17BrO/c1-10-5-6-12(11(2)9-10)14-8-4-3-7-13/h5-6,9H,3-4,7-8H2,1-2H3. The van der Waals surface area contributed by atoms with Gasteiger partial charge in [0.2, 0.25) is 0 Å². The van der Waals surface area contributed by atoms with Gasteiger partial charge in [0.1, 0.15) is 5.75 Å². The highest BCUT2D eigenvalue weighted by atomic mass is 79.9. The molecule has 2 heteroatoms. The summed E-state index contributed by atoms with van der Waals surface area (Å²) in [6.07, 6.45) is 2.28. The first-order valence-electron chi connectivity index (χ1n) is 5.00. The maximum absolute atomic E-state index is 5.67. The molecule has 0 aliphatic rings. The van der Waals surface area contributed by atoms with Gasteiger partial charge in [0.15, 0.2) is 0 Å². The minimum atomic E-state index is 0.815. The van der Waals surface area contributed by atoms with Crippen LogP contribution in [0.2, 0.25) is 0 Å². The molecule has 0 bridgehead atoms. The van der Waals surface area contributed by atoms with E-state index in [0.29, 0.717) is 0 Å². The molecule has 0 N–H and O–H groups in total. The number of aryl methyl sites for hydroxylation is 2. The highest BCUT2D eigenvalue weighted by Crippen LogP contribution is 2.18. The number of benzene rings is 1. The zero-order valence-corrected chi connectivity index (χ0v) is 10.4. The van der Waals surface area contributed by atoms with Crippen molar-refractivity contribution < 1.29 is 4.74 Å². The molecule has 0 aromatic heterocycles. The lowest BCUT2D eigenvalue weighted by atomic mass is 10.1. The summed E-state index contributed by atoms with van der Waals surface area (Å²) >= 11 is 3.40. The van der Waals surface area contributed by atoms with Gasteiger partial charge in [-0.1, -0.05) is 33.6 Å². The van der Waals surface area contributed by atoms with E-state index in [2.05, 4.69) is 48.0 Å². The second-order valence-corrected chi connectivity index (χ2v) is 4.31. The molecule has 0 amide bonds. The fraction of sp³-hybridized carbons (Fsp3) is 0.500. The van der Waals surface area contributed by atoms with Crippen LogP contribution in [0.4, 0.5) is 0 Å². The van der Waals surface area contributed by atoms with Gasteiger partial charge in [-0.3, -0.25) is 0 Å². The van der Waals surface area contributed by atoms with Crippen LogP contribution in [-0.4, -0.2) is 11.9 Å². The van der Waals surface area contributed by atoms with Crippen molar-refractivity contribution in [1.82, 2.24) is 0 Å². The summed E-state index contributed by atoms with van der Waals surface area (Å²) in [6, 6.07) is 6.30. The average Bonchev–Trinajstić information content (AvgIpc) is 2.15. The number of rotatable bonds is 5. The Morgan fingerprint density at radius 3 is 2.64 bits per heavy atom. The number of halogens is 1. The van der Waals surface area contributed by atoms with Gasteiger partial charge in [-0.15, -0.1) is 0 Å². The Bertz CT molecular complexity index is 284. The Kier molecular flexibility index (Phi) is 5.02. The number of ether oxygens (including phenoxy) is 1. The van der Waals surface area contributed by atoms with Gasteiger partial charge in [-0.05, 0) is 38.3 Å². The van der Waals surface area contributed by atoms with Crippen molar-refractivity contribution in [2.45, 2.75) is 26.7 Å². The normalized spacial score (nSPS) is 10.2. The van der Waals surface area contributed by atoms with E-state index in [1.807, 2.05) is 0 Å². The highest BCUT2D eigenvalue weighted by Gasteiger charge is 1.98. The third-order valence-electron chi connectivity index (χ3n) is 2.12. The first-order valence-corrected chi connectivity index (χ1v) is 6.12. The number of unbranched alkanes of at least 4 members (excludes halogenated alkanes) is 1. The molecule has 1 aromatic rings. The fourth-order valence-corrected chi connectivity index (χ4v) is 1.74. The van der Waals surface area contributed by atoms with E-state index in [0.717, 1.165) is 24.1 Å². The van der Waals surface area contributed by atoms with Crippen LogP contribution < -0.4 is 4.74 Å². The third kappa shape index (κ3) is 3.70. The van der Waals surface area contributed by atoms with Crippen LogP contribution in [0.3, 0.4) is 0 Å². The van der Waals surface area contributed by atoms with Crippen LogP contribution in [0.15, 0.2) is 18.2 Å². The molecule has 1 aromatic carbocycles. The van der Waals surface area contributed by atoms with Crippen LogP contribution in [0.25, 0.3) is 0 Å². The zero-order valence-electron chi connectivity index (χ0n) is 8.85. The van der Waals surface area contributed by atoms with E-state index in [-0.39, 0.29) is 0 Å². The van der Waals surface area contributed by atoms with Gasteiger partial charge in [-0.2, -0.15) is 0 Å². The van der Waals surface area contributed by atoms with Crippen molar-refractivity contribution in [2.75, 3.05) is 11.9 Å². The lowest BCUT2D eigenvalue weighted by molar-refractivity contribution is 0.308. The van der Waals surface area contributed by atoms with Crippen LogP contribution in [0.5, 0.6) is 5.75 Å². The Balaban J connectivity index is 2.42. The van der Waals surface area contributed by atoms with E-state index in [1.165, 1.54) is 17.5 Å². The van der Waals surface area contributed by atoms with Gasteiger partial charge in [0.05, 0.1) is 6.61 Å². The molecule has 1 nitrogen and oxygen atoms in total. The molecular formula is C12H17BrO. The molecule has 0 fully saturated rings. The second kappa shape index (κ2) is 6.07. The van der Waals surface area contributed by atoms with Crippen molar-refractivity contribution in [3.63, 3.8) is 0 Å². The van der Waals surface area contributed by atoms with Gasteiger partial charge in [0, 0.05) is 5.33 Å². The van der Waals surface area contributed by atoms with E-state index in [1.54, 1.807) is 0 Å². The lowest BCUT2D eigenvalue weighted by Gasteiger charge is -2.08. The minimum absolute atomic E-state index is 0.815. The monoisotopic (exact) mass is 256 g/mol. The number of hydrogen-bond donors (Lipinski definition) is 0. The maximum Gasteiger partial charge on any atom is 0.122 e. The van der Waals surface area contributed by atoms with Gasteiger partial charge in [-0.25, -0.2) is 0 Å². The quantitative estimate of drug-likeness (QED) is 0.575. The van der Waals surface area contributed by atoms with Gasteiger partial charge >= 0.3 is 0 Å². The largest absolute Gasteiger partial charge is 0.493 e. The Morgan fingerprint density at radius 2 is 2.00 bits per heavy atom. The van der Waals surface area contributed by atoms with Crippen LogP contribution in [-0.2, 0) is 0 Å². The molecule has 0 saturated heterocycles. The topological polar surface area (TPSA) is 9.23 Å². The first-order chi connectivity index (χ1) is 6.74. The summed E-state index contributed by atoms with van der Waals surface area (Å²) in [7, 11) is 0. The fourth-order valence-electron chi connectivity index (χ4n) is 1.34.